The first-order valence-electron chi connectivity index (χ1n) is 12.7. The fourth-order valence-corrected chi connectivity index (χ4v) is 5.40. The van der Waals surface area contributed by atoms with Gasteiger partial charge in [0.25, 0.3) is 0 Å². The van der Waals surface area contributed by atoms with Crippen molar-refractivity contribution in [3.05, 3.63) is 114 Å². The Morgan fingerprint density at radius 1 is 1.00 bits per heavy atom. The second kappa shape index (κ2) is 11.0. The SMILES string of the molecule is CCc1ccccc1NC(=O)CCN1C(=S)N[C@@H](c2ccccn2)[C@@H]1c1ccc(C)n1-c1ccccc1. The third-order valence-electron chi connectivity index (χ3n) is 6.87. The molecule has 0 bridgehead atoms. The van der Waals surface area contributed by atoms with Crippen molar-refractivity contribution < 1.29 is 4.79 Å². The molecule has 0 spiro atoms. The number of benzene rings is 2. The number of rotatable bonds is 8. The van der Waals surface area contributed by atoms with E-state index in [1.165, 1.54) is 0 Å². The molecule has 6 nitrogen and oxygen atoms in total. The molecule has 0 unspecified atom stereocenters. The Labute approximate surface area is 223 Å². The molecule has 3 heterocycles. The van der Waals surface area contributed by atoms with Gasteiger partial charge in [-0.2, -0.15) is 0 Å². The summed E-state index contributed by atoms with van der Waals surface area (Å²) in [5.41, 5.74) is 6.23. The largest absolute Gasteiger partial charge is 0.352 e. The number of hydrogen-bond acceptors (Lipinski definition) is 3. The molecule has 1 aliphatic heterocycles. The number of aromatic nitrogens is 2. The van der Waals surface area contributed by atoms with Crippen LogP contribution in [0.25, 0.3) is 5.69 Å². The molecule has 2 atom stereocenters. The number of nitrogens with zero attached hydrogens (tertiary/aromatic N) is 3. The summed E-state index contributed by atoms with van der Waals surface area (Å²) in [6.07, 6.45) is 2.98. The Kier molecular flexibility index (Phi) is 7.32. The van der Waals surface area contributed by atoms with Crippen LogP contribution >= 0.6 is 12.2 Å². The van der Waals surface area contributed by atoms with Gasteiger partial charge in [0.2, 0.25) is 5.91 Å². The van der Waals surface area contributed by atoms with Gasteiger partial charge < -0.3 is 20.1 Å². The molecule has 0 aliphatic carbocycles. The Morgan fingerprint density at radius 2 is 1.76 bits per heavy atom. The lowest BCUT2D eigenvalue weighted by atomic mass is 10.0. The average molecular weight is 510 g/mol. The summed E-state index contributed by atoms with van der Waals surface area (Å²) in [5.74, 6) is -0.0293. The van der Waals surface area contributed by atoms with Crippen LogP contribution < -0.4 is 10.6 Å². The Bertz CT molecular complexity index is 1390. The topological polar surface area (TPSA) is 62.2 Å². The van der Waals surface area contributed by atoms with E-state index in [1.807, 2.05) is 60.7 Å². The number of nitrogens with one attached hydrogen (secondary N) is 2. The maximum absolute atomic E-state index is 13.0. The third kappa shape index (κ3) is 5.13. The van der Waals surface area contributed by atoms with Crippen molar-refractivity contribution in [1.29, 1.82) is 0 Å². The van der Waals surface area contributed by atoms with Crippen molar-refractivity contribution in [2.45, 2.75) is 38.8 Å². The van der Waals surface area contributed by atoms with Gasteiger partial charge in [-0.05, 0) is 73.6 Å². The Morgan fingerprint density at radius 3 is 2.51 bits per heavy atom. The van der Waals surface area contributed by atoms with E-state index in [-0.39, 0.29) is 18.0 Å². The van der Waals surface area contributed by atoms with Gasteiger partial charge in [0, 0.05) is 41.9 Å². The second-order valence-corrected chi connectivity index (χ2v) is 9.59. The summed E-state index contributed by atoms with van der Waals surface area (Å²) in [5, 5.41) is 7.22. The van der Waals surface area contributed by atoms with E-state index >= 15 is 0 Å². The van der Waals surface area contributed by atoms with Gasteiger partial charge in [-0.15, -0.1) is 0 Å². The monoisotopic (exact) mass is 509 g/mol. The fraction of sp³-hybridized carbons (Fsp3) is 0.233. The minimum Gasteiger partial charge on any atom is -0.352 e. The molecule has 4 aromatic rings. The van der Waals surface area contributed by atoms with E-state index in [1.54, 1.807) is 6.20 Å². The van der Waals surface area contributed by atoms with Gasteiger partial charge in [0.05, 0.1) is 17.8 Å². The quantitative estimate of drug-likeness (QED) is 0.297. The van der Waals surface area contributed by atoms with E-state index in [0.29, 0.717) is 18.1 Å². The highest BCUT2D eigenvalue weighted by molar-refractivity contribution is 7.80. The molecular formula is C30H31N5OS. The fourth-order valence-electron chi connectivity index (χ4n) is 5.07. The van der Waals surface area contributed by atoms with E-state index in [9.17, 15) is 4.79 Å². The van der Waals surface area contributed by atoms with Crippen molar-refractivity contribution >= 4 is 28.9 Å². The van der Waals surface area contributed by atoms with Gasteiger partial charge >= 0.3 is 0 Å². The normalized spacial score (nSPS) is 17.0. The molecule has 37 heavy (non-hydrogen) atoms. The number of anilines is 1. The predicted molar refractivity (Wildman–Crippen MR) is 152 cm³/mol. The van der Waals surface area contributed by atoms with Crippen LogP contribution in [0, 0.1) is 6.92 Å². The number of thiocarbonyl (C=S) groups is 1. The van der Waals surface area contributed by atoms with Crippen LogP contribution in [-0.4, -0.2) is 32.0 Å². The molecule has 2 aromatic carbocycles. The highest BCUT2D eigenvalue weighted by Crippen LogP contribution is 2.40. The standard InChI is InChI=1S/C30H31N5OS/c1-3-22-11-7-8-14-24(22)32-27(36)18-20-34-29(28(33-30(34)37)25-15-9-10-19-31-25)26-17-16-21(2)35(26)23-12-5-4-6-13-23/h4-17,19,28-29H,3,18,20H2,1-2H3,(H,32,36)(H,33,37)/t28-,29-/m0/s1. The minimum absolute atomic E-state index is 0.0293. The van der Waals surface area contributed by atoms with Crippen LogP contribution in [0.1, 0.15) is 48.1 Å². The molecule has 2 N–H and O–H groups in total. The summed E-state index contributed by atoms with van der Waals surface area (Å²) in [4.78, 5) is 19.8. The van der Waals surface area contributed by atoms with Gasteiger partial charge in [-0.3, -0.25) is 9.78 Å². The number of amides is 1. The summed E-state index contributed by atoms with van der Waals surface area (Å²) >= 11 is 5.83. The highest BCUT2D eigenvalue weighted by Gasteiger charge is 2.41. The van der Waals surface area contributed by atoms with E-state index in [4.69, 9.17) is 12.2 Å². The molecular weight excluding hydrogens is 478 g/mol. The summed E-state index contributed by atoms with van der Waals surface area (Å²) in [7, 11) is 0. The lowest BCUT2D eigenvalue weighted by Gasteiger charge is -2.29. The zero-order valence-corrected chi connectivity index (χ0v) is 21.9. The number of para-hydroxylation sites is 2. The number of hydrogen-bond donors (Lipinski definition) is 2. The van der Waals surface area contributed by atoms with Crippen LogP contribution in [0.3, 0.4) is 0 Å². The van der Waals surface area contributed by atoms with E-state index in [0.717, 1.165) is 40.4 Å². The van der Waals surface area contributed by atoms with Gasteiger partial charge in [0.1, 0.15) is 0 Å². The molecule has 0 saturated carbocycles. The van der Waals surface area contributed by atoms with E-state index < -0.39 is 0 Å². The molecule has 1 saturated heterocycles. The predicted octanol–water partition coefficient (Wildman–Crippen LogP) is 5.74. The average Bonchev–Trinajstić information content (AvgIpc) is 3.47. The number of aryl methyl sites for hydroxylation is 2. The zero-order valence-electron chi connectivity index (χ0n) is 21.1. The summed E-state index contributed by atoms with van der Waals surface area (Å²) in [6, 6.07) is 28.2. The lowest BCUT2D eigenvalue weighted by Crippen LogP contribution is -2.33. The summed E-state index contributed by atoms with van der Waals surface area (Å²) < 4.78 is 2.26. The first kappa shape index (κ1) is 24.7. The summed E-state index contributed by atoms with van der Waals surface area (Å²) in [6.45, 7) is 4.68. The van der Waals surface area contributed by atoms with Crippen LogP contribution in [0.2, 0.25) is 0 Å². The van der Waals surface area contributed by atoms with Crippen LogP contribution in [0.15, 0.2) is 91.1 Å². The molecule has 0 radical (unpaired) electrons. The van der Waals surface area contributed by atoms with Crippen LogP contribution in [0.5, 0.6) is 0 Å². The van der Waals surface area contributed by atoms with Gasteiger partial charge in [-0.1, -0.05) is 49.4 Å². The van der Waals surface area contributed by atoms with Crippen molar-refractivity contribution in [1.82, 2.24) is 19.8 Å². The van der Waals surface area contributed by atoms with Gasteiger partial charge in [-0.25, -0.2) is 0 Å². The second-order valence-electron chi connectivity index (χ2n) is 9.20. The molecule has 7 heteroatoms. The number of pyridine rings is 1. The van der Waals surface area contributed by atoms with Crippen molar-refractivity contribution in [3.8, 4) is 5.69 Å². The van der Waals surface area contributed by atoms with E-state index in [2.05, 4.69) is 63.2 Å². The number of carbonyl (C=O) groups excluding carboxylic acids is 1. The van der Waals surface area contributed by atoms with Crippen molar-refractivity contribution in [2.75, 3.05) is 11.9 Å². The lowest BCUT2D eigenvalue weighted by molar-refractivity contribution is -0.116. The molecule has 188 valence electrons. The first-order chi connectivity index (χ1) is 18.1. The highest BCUT2D eigenvalue weighted by atomic mass is 32.1. The minimum atomic E-state index is -0.144. The molecule has 1 aliphatic rings. The maximum Gasteiger partial charge on any atom is 0.226 e. The van der Waals surface area contributed by atoms with Crippen LogP contribution in [0.4, 0.5) is 5.69 Å². The van der Waals surface area contributed by atoms with Crippen molar-refractivity contribution in [2.24, 2.45) is 0 Å². The third-order valence-corrected chi connectivity index (χ3v) is 7.23. The Balaban J connectivity index is 1.46. The van der Waals surface area contributed by atoms with Crippen molar-refractivity contribution in [3.63, 3.8) is 0 Å². The maximum atomic E-state index is 13.0. The first-order valence-corrected chi connectivity index (χ1v) is 13.1. The molecule has 2 aromatic heterocycles. The molecule has 1 amide bonds. The zero-order chi connectivity index (χ0) is 25.8. The van der Waals surface area contributed by atoms with Crippen LogP contribution in [-0.2, 0) is 11.2 Å². The smallest absolute Gasteiger partial charge is 0.226 e. The molecule has 5 rings (SSSR count). The Hall–Kier alpha value is -3.97. The molecule has 1 fully saturated rings. The number of carbonyl (C=O) groups is 1. The van der Waals surface area contributed by atoms with Gasteiger partial charge in [0.15, 0.2) is 5.11 Å².